The molecule has 0 rings (SSSR count). The Bertz CT molecular complexity index is 898. The number of carboxylic acid groups (broad SMARTS) is 7. The zero-order valence-electron chi connectivity index (χ0n) is 24.5. The zero-order chi connectivity index (χ0) is 33.4. The minimum atomic E-state index is -2.97. The van der Waals surface area contributed by atoms with Crippen molar-refractivity contribution in [3.63, 3.8) is 0 Å². The fourth-order valence-corrected chi connectivity index (χ4v) is 2.58. The van der Waals surface area contributed by atoms with Gasteiger partial charge in [0, 0.05) is 68.4 Å². The van der Waals surface area contributed by atoms with Crippen LogP contribution in [-0.4, -0.2) is 177 Å². The fourth-order valence-electron chi connectivity index (χ4n) is 2.58. The molecule has 0 aliphatic heterocycles. The molecule has 0 aliphatic rings. The van der Waals surface area contributed by atoms with E-state index in [1.807, 2.05) is 21.1 Å². The largest absolute Gasteiger partial charge is 2.00 e. The third-order valence-corrected chi connectivity index (χ3v) is 4.24. The van der Waals surface area contributed by atoms with Gasteiger partial charge in [0.25, 0.3) is 0 Å². The molecule has 22 heteroatoms. The summed E-state index contributed by atoms with van der Waals surface area (Å²) in [5, 5.41) is 88.3. The second kappa shape index (κ2) is 25.2. The first kappa shape index (κ1) is 54.4. The molecule has 0 heterocycles. The molecule has 0 amide bonds. The smallest absolute Gasteiger partial charge is 0.550 e. The van der Waals surface area contributed by atoms with Crippen LogP contribution in [0.5, 0.6) is 0 Å². The minimum absolute atomic E-state index is 0. The Hall–Kier alpha value is -2.06. The Labute approximate surface area is 299 Å². The summed E-state index contributed by atoms with van der Waals surface area (Å²) in [5.41, 5.74) is -5.95. The van der Waals surface area contributed by atoms with E-state index in [9.17, 15) is 74.1 Å². The molecule has 0 aromatic heterocycles. The number of hydrogen-bond donors (Lipinski definition) is 2. The number of aliphatic hydroxyl groups is 2. The van der Waals surface area contributed by atoms with Gasteiger partial charge in [-0.2, -0.15) is 0 Å². The van der Waals surface area contributed by atoms with Crippen molar-refractivity contribution >= 4 is 117 Å². The maximum Gasteiger partial charge on any atom is 2.00 e. The van der Waals surface area contributed by atoms with Gasteiger partial charge in [0.1, 0.15) is 17.7 Å². The van der Waals surface area contributed by atoms with Gasteiger partial charge < -0.3 is 88.7 Å². The van der Waals surface area contributed by atoms with E-state index in [2.05, 4.69) is 0 Å². The Balaban J connectivity index is -0.000000119. The molecule has 2 N–H and O–H groups in total. The van der Waals surface area contributed by atoms with Crippen LogP contribution in [0.25, 0.3) is 0 Å². The van der Waals surface area contributed by atoms with Gasteiger partial charge >= 0.3 is 75.1 Å². The summed E-state index contributed by atoms with van der Waals surface area (Å²) in [5.74, 6) is -13.5. The van der Waals surface area contributed by atoms with Gasteiger partial charge in [-0.1, -0.05) is 6.92 Å². The molecule has 0 radical (unpaired) electrons. The second-order valence-electron chi connectivity index (χ2n) is 9.35. The van der Waals surface area contributed by atoms with Gasteiger partial charge in [0.2, 0.25) is 0 Å². The molecule has 0 bridgehead atoms. The molecule has 0 aliphatic carbocycles. The maximum atomic E-state index is 11.0. The van der Waals surface area contributed by atoms with Crippen LogP contribution in [0.3, 0.4) is 0 Å². The van der Waals surface area contributed by atoms with E-state index in [-0.39, 0.29) is 88.0 Å². The molecule has 0 fully saturated rings. The summed E-state index contributed by atoms with van der Waals surface area (Å²) < 4.78 is 5.55. The maximum absolute atomic E-state index is 11.0. The van der Waals surface area contributed by atoms with Crippen LogP contribution in [0.1, 0.15) is 45.4 Å². The van der Waals surface area contributed by atoms with Crippen molar-refractivity contribution in [1.29, 1.82) is 0 Å². The number of quaternary nitrogens is 1. The van der Waals surface area contributed by atoms with Gasteiger partial charge in [-0.3, -0.25) is 4.79 Å². The third-order valence-electron chi connectivity index (χ3n) is 4.24. The zero-order valence-corrected chi connectivity index (χ0v) is 28.8. The molecule has 0 saturated carbocycles. The van der Waals surface area contributed by atoms with Crippen molar-refractivity contribution in [2.45, 2.75) is 62.8 Å². The predicted molar refractivity (Wildman–Crippen MR) is 128 cm³/mol. The number of esters is 1. The number of carbonyl (C=O) groups is 8. The molecule has 0 aromatic carbocycles. The molecule has 0 unspecified atom stereocenters. The van der Waals surface area contributed by atoms with Crippen molar-refractivity contribution in [1.82, 2.24) is 0 Å². The van der Waals surface area contributed by atoms with Crippen molar-refractivity contribution < 1.29 is 93.5 Å². The van der Waals surface area contributed by atoms with Crippen LogP contribution in [0.15, 0.2) is 0 Å². The van der Waals surface area contributed by atoms with E-state index in [4.69, 9.17) is 14.9 Å². The second-order valence-corrected chi connectivity index (χ2v) is 9.35. The van der Waals surface area contributed by atoms with Crippen LogP contribution in [0.2, 0.25) is 0 Å². The summed E-state index contributed by atoms with van der Waals surface area (Å²) in [4.78, 5) is 81.5. The SMILES string of the molecule is CCC(=O)O[C@H](CC(=O)[O-])C[N+](C)(C)C.O=C([O-])CC(O)(CC(=O)[O-])C(=O)[O-].O=C([O-])CC(O)(CC(=O)[O-])C(=O)[O-].[Mg+2].[Mg+2].[Mg+2]. The fraction of sp³-hybridized carbons (Fsp3) is 0.636. The number of carbonyl (C=O) groups excluding carboxylic acids is 8. The number of rotatable bonds is 16. The number of ether oxygens (including phenoxy) is 1. The minimum Gasteiger partial charge on any atom is -0.550 e. The third kappa shape index (κ3) is 30.0. The van der Waals surface area contributed by atoms with Crippen molar-refractivity contribution in [3.05, 3.63) is 0 Å². The quantitative estimate of drug-likeness (QED) is 0.0875. The van der Waals surface area contributed by atoms with E-state index >= 15 is 0 Å². The summed E-state index contributed by atoms with van der Waals surface area (Å²) in [6.07, 6.45) is -6.04. The van der Waals surface area contributed by atoms with Gasteiger partial charge in [0.15, 0.2) is 6.10 Å². The van der Waals surface area contributed by atoms with Gasteiger partial charge in [-0.25, -0.2) is 0 Å². The predicted octanol–water partition coefficient (Wildman–Crippen LogP) is -12.5. The Morgan fingerprint density at radius 1 is 0.614 bits per heavy atom. The van der Waals surface area contributed by atoms with Crippen molar-refractivity contribution in [3.8, 4) is 0 Å². The number of hydrogen-bond acceptors (Lipinski definition) is 18. The van der Waals surface area contributed by atoms with E-state index < -0.39 is 84.8 Å². The van der Waals surface area contributed by atoms with Crippen LogP contribution in [-0.2, 0) is 43.1 Å². The van der Waals surface area contributed by atoms with E-state index in [0.717, 1.165) is 0 Å². The number of nitrogens with zero attached hydrogens (tertiary/aromatic N) is 1. The summed E-state index contributed by atoms with van der Waals surface area (Å²) in [6.45, 7) is 2.13. The molecule has 0 saturated heterocycles. The molecule has 0 aromatic rings. The standard InChI is InChI=1S/C10H19NO4.2C6H8O7.3Mg/c1-5-10(14)15-8(6-9(12)13)7-11(2,3)4;2*7-3(8)1-6(13,5(11)12)2-4(9)10;;;/h8H,5-7H2,1-4H3;2*13H,1-2H2,(H,7,8)(H,9,10)(H,11,12);;;/q;;;3*+2/p-6/t8-;;;;;/m1...../s1. The summed E-state index contributed by atoms with van der Waals surface area (Å²) in [6, 6.07) is 0. The summed E-state index contributed by atoms with van der Waals surface area (Å²) >= 11 is 0. The first-order valence-corrected chi connectivity index (χ1v) is 11.2. The first-order valence-electron chi connectivity index (χ1n) is 11.2. The van der Waals surface area contributed by atoms with Crippen LogP contribution >= 0.6 is 0 Å². The normalized spacial score (nSPS) is 11.0. The first-order chi connectivity index (χ1) is 18.3. The van der Waals surface area contributed by atoms with Gasteiger partial charge in [-0.05, 0) is 0 Å². The number of carboxylic acids is 7. The number of likely N-dealkylation sites (N-methyl/N-ethyl adjacent to an activating group) is 1. The van der Waals surface area contributed by atoms with Crippen LogP contribution in [0.4, 0.5) is 0 Å². The molecular weight excluding hydrogens is 639 g/mol. The summed E-state index contributed by atoms with van der Waals surface area (Å²) in [7, 11) is 5.71. The average Bonchev–Trinajstić information content (AvgIpc) is 2.70. The Morgan fingerprint density at radius 3 is 1.05 bits per heavy atom. The van der Waals surface area contributed by atoms with E-state index in [1.54, 1.807) is 6.92 Å². The monoisotopic (exact) mass is 667 g/mol. The Morgan fingerprint density at radius 2 is 0.886 bits per heavy atom. The Kier molecular flexibility index (Phi) is 31.1. The molecule has 44 heavy (non-hydrogen) atoms. The van der Waals surface area contributed by atoms with Gasteiger partial charge in [0.05, 0.1) is 33.1 Å². The molecular formula is C22H29Mg3NO18. The van der Waals surface area contributed by atoms with Crippen molar-refractivity contribution in [2.24, 2.45) is 0 Å². The average molecular weight is 668 g/mol. The number of aliphatic carboxylic acids is 7. The van der Waals surface area contributed by atoms with Crippen LogP contribution < -0.4 is 35.7 Å². The molecule has 1 atom stereocenters. The molecule has 236 valence electrons. The molecule has 19 nitrogen and oxygen atoms in total. The molecule has 0 spiro atoms. The van der Waals surface area contributed by atoms with Crippen LogP contribution in [0, 0.1) is 0 Å². The van der Waals surface area contributed by atoms with Gasteiger partial charge in [-0.15, -0.1) is 0 Å². The topological polar surface area (TPSA) is 348 Å². The van der Waals surface area contributed by atoms with Crippen molar-refractivity contribution in [2.75, 3.05) is 27.7 Å². The van der Waals surface area contributed by atoms with E-state index in [1.165, 1.54) is 0 Å². The van der Waals surface area contributed by atoms with E-state index in [0.29, 0.717) is 11.0 Å².